The lowest BCUT2D eigenvalue weighted by Crippen LogP contribution is -2.42. The van der Waals surface area contributed by atoms with E-state index in [-0.39, 0.29) is 22.0 Å². The predicted octanol–water partition coefficient (Wildman–Crippen LogP) is 4.21. The number of nitrogens with zero attached hydrogens (tertiary/aromatic N) is 3. The molecule has 0 radical (unpaired) electrons. The van der Waals surface area contributed by atoms with E-state index in [1.165, 1.54) is 17.7 Å². The SMILES string of the molecule is O=C(NC(=S)NS(=O)(=O)c1ccc(N2N=C3c4ccccc4CC3C2c2ccccn2)cc1)c1ccccc1. The van der Waals surface area contributed by atoms with Gasteiger partial charge in [-0.1, -0.05) is 48.5 Å². The number of benzene rings is 3. The van der Waals surface area contributed by atoms with Gasteiger partial charge in [0.2, 0.25) is 0 Å². The van der Waals surface area contributed by atoms with Crippen LogP contribution in [0.4, 0.5) is 5.69 Å². The lowest BCUT2D eigenvalue weighted by molar-refractivity contribution is 0.0977. The molecule has 1 aliphatic carbocycles. The molecule has 194 valence electrons. The summed E-state index contributed by atoms with van der Waals surface area (Å²) in [5.74, 6) is -0.368. The van der Waals surface area contributed by atoms with E-state index in [1.54, 1.807) is 48.7 Å². The normalized spacial score (nSPS) is 17.6. The topological polar surface area (TPSA) is 104 Å². The molecule has 2 heterocycles. The molecule has 2 aliphatic rings. The number of hydrogen-bond acceptors (Lipinski definition) is 7. The number of rotatable bonds is 5. The fourth-order valence-electron chi connectivity index (χ4n) is 5.07. The molecule has 6 rings (SSSR count). The molecular weight excluding hydrogens is 530 g/mol. The zero-order chi connectivity index (χ0) is 27.0. The average molecular weight is 554 g/mol. The number of thiocarbonyl (C=S) groups is 1. The highest BCUT2D eigenvalue weighted by molar-refractivity contribution is 7.91. The maximum atomic E-state index is 13.0. The standard InChI is InChI=1S/C29H23N5O3S2/c35-28(19-8-2-1-3-9-19)31-29(38)33-39(36,37)22-15-13-21(14-16-22)34-27(25-12-6-7-17-30-25)24-18-20-10-4-5-11-23(20)26(24)32-34/h1-17,24,27H,18H2,(H2,31,33,35,38). The van der Waals surface area contributed by atoms with Crippen LogP contribution < -0.4 is 15.0 Å². The first-order valence-electron chi connectivity index (χ1n) is 12.3. The molecule has 1 aromatic heterocycles. The van der Waals surface area contributed by atoms with Crippen molar-refractivity contribution in [2.75, 3.05) is 5.01 Å². The number of carbonyl (C=O) groups is 1. The summed E-state index contributed by atoms with van der Waals surface area (Å²) in [6, 6.07) is 28.8. The van der Waals surface area contributed by atoms with Crippen LogP contribution in [0.25, 0.3) is 0 Å². The molecule has 2 N–H and O–H groups in total. The van der Waals surface area contributed by atoms with Gasteiger partial charge in [-0.05, 0) is 72.7 Å². The van der Waals surface area contributed by atoms with Gasteiger partial charge in [0.1, 0.15) is 6.04 Å². The van der Waals surface area contributed by atoms with Gasteiger partial charge in [-0.15, -0.1) is 0 Å². The minimum absolute atomic E-state index is 0.00864. The summed E-state index contributed by atoms with van der Waals surface area (Å²) < 4.78 is 28.2. The second-order valence-electron chi connectivity index (χ2n) is 9.25. The predicted molar refractivity (Wildman–Crippen MR) is 153 cm³/mol. The lowest BCUT2D eigenvalue weighted by Gasteiger charge is -2.27. The van der Waals surface area contributed by atoms with Crippen molar-refractivity contribution < 1.29 is 13.2 Å². The minimum atomic E-state index is -4.02. The van der Waals surface area contributed by atoms with Gasteiger partial charge < -0.3 is 0 Å². The number of amides is 1. The minimum Gasteiger partial charge on any atom is -0.298 e. The van der Waals surface area contributed by atoms with Crippen LogP contribution in [-0.2, 0) is 16.4 Å². The maximum Gasteiger partial charge on any atom is 0.263 e. The van der Waals surface area contributed by atoms with Crippen LogP contribution in [-0.4, -0.2) is 30.1 Å². The highest BCUT2D eigenvalue weighted by atomic mass is 32.2. The zero-order valence-corrected chi connectivity index (χ0v) is 22.2. The summed E-state index contributed by atoms with van der Waals surface area (Å²) >= 11 is 5.08. The summed E-state index contributed by atoms with van der Waals surface area (Å²) in [7, 11) is -4.02. The fraction of sp³-hybridized carbons (Fsp3) is 0.103. The second-order valence-corrected chi connectivity index (χ2v) is 11.3. The Balaban J connectivity index is 1.24. The number of fused-ring (bicyclic) bond motifs is 3. The van der Waals surface area contributed by atoms with Crippen molar-refractivity contribution in [1.29, 1.82) is 0 Å². The van der Waals surface area contributed by atoms with Crippen molar-refractivity contribution in [2.45, 2.75) is 17.4 Å². The molecule has 3 aromatic carbocycles. The van der Waals surface area contributed by atoms with Crippen molar-refractivity contribution in [3.8, 4) is 0 Å². The molecule has 0 saturated heterocycles. The van der Waals surface area contributed by atoms with E-state index in [4.69, 9.17) is 17.3 Å². The van der Waals surface area contributed by atoms with Gasteiger partial charge in [0, 0.05) is 23.2 Å². The first-order valence-corrected chi connectivity index (χ1v) is 14.2. The number of anilines is 1. The Morgan fingerprint density at radius 2 is 1.62 bits per heavy atom. The monoisotopic (exact) mass is 553 g/mol. The molecular formula is C29H23N5O3S2. The summed E-state index contributed by atoms with van der Waals surface area (Å²) in [5, 5.41) is 9.02. The molecule has 0 fully saturated rings. The molecule has 1 aliphatic heterocycles. The molecule has 10 heteroatoms. The van der Waals surface area contributed by atoms with Crippen molar-refractivity contribution in [1.82, 2.24) is 15.0 Å². The van der Waals surface area contributed by atoms with Gasteiger partial charge in [-0.2, -0.15) is 5.10 Å². The number of sulfonamides is 1. The van der Waals surface area contributed by atoms with Crippen LogP contribution >= 0.6 is 12.2 Å². The quantitative estimate of drug-likeness (QED) is 0.359. The summed E-state index contributed by atoms with van der Waals surface area (Å²) in [6.07, 6.45) is 2.63. The number of carbonyl (C=O) groups excluding carboxylic acids is 1. The molecule has 2 unspecified atom stereocenters. The Bertz CT molecular complexity index is 1690. The van der Waals surface area contributed by atoms with Gasteiger partial charge in [0.25, 0.3) is 15.9 Å². The van der Waals surface area contributed by atoms with Crippen molar-refractivity contribution in [3.63, 3.8) is 0 Å². The Morgan fingerprint density at radius 3 is 2.36 bits per heavy atom. The second kappa shape index (κ2) is 10.0. The van der Waals surface area contributed by atoms with Gasteiger partial charge >= 0.3 is 0 Å². The number of hydrazone groups is 1. The smallest absolute Gasteiger partial charge is 0.263 e. The maximum absolute atomic E-state index is 13.0. The molecule has 8 nitrogen and oxygen atoms in total. The summed E-state index contributed by atoms with van der Waals surface area (Å²) in [6.45, 7) is 0. The van der Waals surface area contributed by atoms with Crippen LogP contribution in [0.15, 0.2) is 113 Å². The average Bonchev–Trinajstić information content (AvgIpc) is 3.50. The molecule has 0 saturated carbocycles. The molecule has 0 bridgehead atoms. The third-order valence-electron chi connectivity index (χ3n) is 6.84. The number of pyridine rings is 1. The van der Waals surface area contributed by atoms with Crippen LogP contribution in [0, 0.1) is 5.92 Å². The Labute approximate surface area is 231 Å². The highest BCUT2D eigenvalue weighted by Crippen LogP contribution is 2.45. The van der Waals surface area contributed by atoms with Crippen LogP contribution in [0.2, 0.25) is 0 Å². The third kappa shape index (κ3) is 4.80. The van der Waals surface area contributed by atoms with Crippen molar-refractivity contribution >= 4 is 44.7 Å². The number of nitrogens with one attached hydrogen (secondary N) is 2. The molecule has 1 amide bonds. The van der Waals surface area contributed by atoms with Crippen molar-refractivity contribution in [2.24, 2.45) is 11.0 Å². The highest BCUT2D eigenvalue weighted by Gasteiger charge is 2.44. The van der Waals surface area contributed by atoms with E-state index in [2.05, 4.69) is 27.2 Å². The van der Waals surface area contributed by atoms with Crippen LogP contribution in [0.3, 0.4) is 0 Å². The Morgan fingerprint density at radius 1 is 0.897 bits per heavy atom. The Hall–Kier alpha value is -4.41. The molecule has 0 spiro atoms. The van der Waals surface area contributed by atoms with Crippen LogP contribution in [0.1, 0.15) is 33.2 Å². The van der Waals surface area contributed by atoms with Gasteiger partial charge in [0.05, 0.1) is 22.0 Å². The summed E-state index contributed by atoms with van der Waals surface area (Å²) in [5.41, 5.74) is 5.42. The third-order valence-corrected chi connectivity index (χ3v) is 8.54. The first-order chi connectivity index (χ1) is 18.9. The lowest BCUT2D eigenvalue weighted by atomic mass is 9.93. The Kier molecular flexibility index (Phi) is 6.41. The van der Waals surface area contributed by atoms with E-state index < -0.39 is 15.9 Å². The number of aromatic nitrogens is 1. The molecule has 4 aromatic rings. The van der Waals surface area contributed by atoms with Gasteiger partial charge in [0.15, 0.2) is 5.11 Å². The van der Waals surface area contributed by atoms with Gasteiger partial charge in [-0.3, -0.25) is 24.8 Å². The van der Waals surface area contributed by atoms with E-state index >= 15 is 0 Å². The first kappa shape index (κ1) is 24.9. The molecule has 39 heavy (non-hydrogen) atoms. The summed E-state index contributed by atoms with van der Waals surface area (Å²) in [4.78, 5) is 17.0. The number of hydrogen-bond donors (Lipinski definition) is 2. The zero-order valence-electron chi connectivity index (χ0n) is 20.6. The van der Waals surface area contributed by atoms with E-state index in [0.717, 1.165) is 29.1 Å². The van der Waals surface area contributed by atoms with E-state index in [9.17, 15) is 13.2 Å². The van der Waals surface area contributed by atoms with E-state index in [1.807, 2.05) is 35.3 Å². The molecule has 2 atom stereocenters. The largest absolute Gasteiger partial charge is 0.298 e. The van der Waals surface area contributed by atoms with Crippen LogP contribution in [0.5, 0.6) is 0 Å². The van der Waals surface area contributed by atoms with E-state index in [0.29, 0.717) is 5.56 Å². The van der Waals surface area contributed by atoms with Gasteiger partial charge in [-0.25, -0.2) is 8.42 Å². The fourth-order valence-corrected chi connectivity index (χ4v) is 6.40. The van der Waals surface area contributed by atoms with Crippen molar-refractivity contribution in [3.05, 3.63) is 126 Å².